The van der Waals surface area contributed by atoms with Gasteiger partial charge in [-0.1, -0.05) is 0 Å². The summed E-state index contributed by atoms with van der Waals surface area (Å²) in [5.41, 5.74) is 1.19. The number of rotatable bonds is 5. The minimum Gasteiger partial charge on any atom is -0.354 e. The standard InChI is InChI=1S/C18H27N5/c1-2-14(1)16-3-4-18(21-20-16)23-10-13(11-23)9-19-17-12-22-7-5-15(17)6-8-22/h3-4,13-15,17,19H,1-2,5-12H2. The molecule has 23 heavy (non-hydrogen) atoms. The minimum absolute atomic E-state index is 0.700. The Morgan fingerprint density at radius 3 is 2.43 bits per heavy atom. The molecule has 1 saturated carbocycles. The molecular formula is C18H27N5. The van der Waals surface area contributed by atoms with Crippen molar-refractivity contribution >= 4 is 5.82 Å². The molecular weight excluding hydrogens is 286 g/mol. The van der Waals surface area contributed by atoms with Crippen molar-refractivity contribution in [1.29, 1.82) is 0 Å². The van der Waals surface area contributed by atoms with Crippen LogP contribution in [0.4, 0.5) is 5.82 Å². The molecule has 0 aromatic carbocycles. The molecule has 2 bridgehead atoms. The van der Waals surface area contributed by atoms with E-state index in [-0.39, 0.29) is 0 Å². The first-order chi connectivity index (χ1) is 11.3. The Morgan fingerprint density at radius 1 is 1.00 bits per heavy atom. The van der Waals surface area contributed by atoms with Gasteiger partial charge in [0.05, 0.1) is 5.69 Å². The van der Waals surface area contributed by atoms with Crippen molar-refractivity contribution < 1.29 is 0 Å². The van der Waals surface area contributed by atoms with Crippen LogP contribution in [0.15, 0.2) is 12.1 Å². The average molecular weight is 313 g/mol. The lowest BCUT2D eigenvalue weighted by Gasteiger charge is -2.47. The van der Waals surface area contributed by atoms with Crippen molar-refractivity contribution in [3.8, 4) is 0 Å². The molecule has 124 valence electrons. The topological polar surface area (TPSA) is 44.3 Å². The molecule has 0 radical (unpaired) electrons. The fraction of sp³-hybridized carbons (Fsp3) is 0.778. The molecule has 1 unspecified atom stereocenters. The molecule has 0 amide bonds. The van der Waals surface area contributed by atoms with Gasteiger partial charge in [-0.2, -0.15) is 5.10 Å². The number of hydrogen-bond acceptors (Lipinski definition) is 5. The highest BCUT2D eigenvalue weighted by atomic mass is 15.3. The predicted octanol–water partition coefficient (Wildman–Crippen LogP) is 1.47. The van der Waals surface area contributed by atoms with E-state index in [2.05, 4.69) is 37.4 Å². The summed E-state index contributed by atoms with van der Waals surface area (Å²) in [7, 11) is 0. The molecule has 1 atom stereocenters. The fourth-order valence-corrected chi connectivity index (χ4v) is 4.50. The van der Waals surface area contributed by atoms with Gasteiger partial charge in [-0.25, -0.2) is 0 Å². The van der Waals surface area contributed by atoms with Crippen molar-refractivity contribution in [1.82, 2.24) is 20.4 Å². The summed E-state index contributed by atoms with van der Waals surface area (Å²) >= 11 is 0. The molecule has 1 aliphatic carbocycles. The van der Waals surface area contributed by atoms with E-state index in [1.165, 1.54) is 57.6 Å². The van der Waals surface area contributed by atoms with Gasteiger partial charge in [0, 0.05) is 44.1 Å². The van der Waals surface area contributed by atoms with Crippen molar-refractivity contribution in [2.45, 2.75) is 37.6 Å². The Balaban J connectivity index is 1.09. The highest BCUT2D eigenvalue weighted by molar-refractivity contribution is 5.41. The number of hydrogen-bond donors (Lipinski definition) is 1. The van der Waals surface area contributed by atoms with E-state index in [1.54, 1.807) is 0 Å². The summed E-state index contributed by atoms with van der Waals surface area (Å²) in [5.74, 6) is 3.47. The predicted molar refractivity (Wildman–Crippen MR) is 90.7 cm³/mol. The Hall–Kier alpha value is -1.20. The van der Waals surface area contributed by atoms with E-state index >= 15 is 0 Å². The van der Waals surface area contributed by atoms with E-state index in [9.17, 15) is 0 Å². The second kappa shape index (κ2) is 5.71. The molecule has 5 nitrogen and oxygen atoms in total. The van der Waals surface area contributed by atoms with Gasteiger partial charge < -0.3 is 15.1 Å². The van der Waals surface area contributed by atoms with Gasteiger partial charge in [-0.15, -0.1) is 5.10 Å². The lowest BCUT2D eigenvalue weighted by atomic mass is 9.83. The zero-order valence-corrected chi connectivity index (χ0v) is 13.8. The van der Waals surface area contributed by atoms with Crippen LogP contribution in [0.1, 0.15) is 37.3 Å². The summed E-state index contributed by atoms with van der Waals surface area (Å²) < 4.78 is 0. The number of piperidine rings is 3. The molecule has 5 heterocycles. The first kappa shape index (κ1) is 14.2. The van der Waals surface area contributed by atoms with Gasteiger partial charge in [0.25, 0.3) is 0 Å². The van der Waals surface area contributed by atoms with Crippen LogP contribution in [0, 0.1) is 11.8 Å². The maximum absolute atomic E-state index is 4.43. The molecule has 5 aliphatic rings. The zero-order valence-electron chi connectivity index (χ0n) is 13.8. The average Bonchev–Trinajstić information content (AvgIpc) is 3.40. The van der Waals surface area contributed by atoms with E-state index in [4.69, 9.17) is 0 Å². The zero-order chi connectivity index (χ0) is 15.2. The van der Waals surface area contributed by atoms with Gasteiger partial charge in [0.15, 0.2) is 5.82 Å². The van der Waals surface area contributed by atoms with Gasteiger partial charge in [-0.3, -0.25) is 0 Å². The molecule has 5 heteroatoms. The molecule has 6 rings (SSSR count). The van der Waals surface area contributed by atoms with Crippen LogP contribution in [0.25, 0.3) is 0 Å². The number of nitrogens with zero attached hydrogens (tertiary/aromatic N) is 4. The molecule has 0 spiro atoms. The van der Waals surface area contributed by atoms with Crippen LogP contribution >= 0.6 is 0 Å². The van der Waals surface area contributed by atoms with Crippen LogP contribution in [0.3, 0.4) is 0 Å². The van der Waals surface area contributed by atoms with Crippen molar-refractivity contribution in [3.63, 3.8) is 0 Å². The highest BCUT2D eigenvalue weighted by Gasteiger charge is 2.35. The van der Waals surface area contributed by atoms with Gasteiger partial charge >= 0.3 is 0 Å². The molecule has 4 aliphatic heterocycles. The third-order valence-corrected chi connectivity index (χ3v) is 6.27. The molecule has 4 saturated heterocycles. The fourth-order valence-electron chi connectivity index (χ4n) is 4.50. The first-order valence-corrected chi connectivity index (χ1v) is 9.39. The number of nitrogens with one attached hydrogen (secondary N) is 1. The number of fused-ring (bicyclic) bond motifs is 3. The SMILES string of the molecule is c1cc(N2CC(CNC3CN4CCC3CC4)C2)nnc1C1CC1. The second-order valence-electron chi connectivity index (χ2n) is 8.01. The van der Waals surface area contributed by atoms with Crippen molar-refractivity contribution in [2.75, 3.05) is 44.2 Å². The normalized spacial score (nSPS) is 33.7. The molecule has 1 aromatic heterocycles. The lowest BCUT2D eigenvalue weighted by Crippen LogP contribution is -2.59. The van der Waals surface area contributed by atoms with Gasteiger partial charge in [0.1, 0.15) is 0 Å². The Morgan fingerprint density at radius 2 is 1.83 bits per heavy atom. The van der Waals surface area contributed by atoms with Crippen LogP contribution in [0.2, 0.25) is 0 Å². The molecule has 1 aromatic rings. The smallest absolute Gasteiger partial charge is 0.151 e. The van der Waals surface area contributed by atoms with Crippen molar-refractivity contribution in [2.24, 2.45) is 11.8 Å². The Labute approximate surface area is 138 Å². The van der Waals surface area contributed by atoms with E-state index in [0.717, 1.165) is 36.8 Å². The van der Waals surface area contributed by atoms with Gasteiger partial charge in [-0.05, 0) is 56.8 Å². The van der Waals surface area contributed by atoms with Crippen LogP contribution in [0.5, 0.6) is 0 Å². The van der Waals surface area contributed by atoms with Gasteiger partial charge in [0.2, 0.25) is 0 Å². The van der Waals surface area contributed by atoms with Crippen LogP contribution in [-0.4, -0.2) is 60.4 Å². The maximum atomic E-state index is 4.43. The van der Waals surface area contributed by atoms with E-state index < -0.39 is 0 Å². The molecule has 1 N–H and O–H groups in total. The van der Waals surface area contributed by atoms with Crippen molar-refractivity contribution in [3.05, 3.63) is 17.8 Å². The van der Waals surface area contributed by atoms with Crippen LogP contribution < -0.4 is 10.2 Å². The summed E-state index contributed by atoms with van der Waals surface area (Å²) in [6, 6.07) is 5.08. The van der Waals surface area contributed by atoms with E-state index in [1.807, 2.05) is 0 Å². The number of anilines is 1. The third-order valence-electron chi connectivity index (χ3n) is 6.27. The molecule has 5 fully saturated rings. The monoisotopic (exact) mass is 313 g/mol. The third kappa shape index (κ3) is 2.85. The minimum atomic E-state index is 0.700. The summed E-state index contributed by atoms with van der Waals surface area (Å²) in [5, 5.41) is 12.7. The summed E-state index contributed by atoms with van der Waals surface area (Å²) in [6.07, 6.45) is 5.39. The Kier molecular flexibility index (Phi) is 3.52. The maximum Gasteiger partial charge on any atom is 0.151 e. The summed E-state index contributed by atoms with van der Waals surface area (Å²) in [6.45, 7) is 7.36. The summed E-state index contributed by atoms with van der Waals surface area (Å²) in [4.78, 5) is 4.99. The second-order valence-corrected chi connectivity index (χ2v) is 8.01. The Bertz CT molecular complexity index is 541. The first-order valence-electron chi connectivity index (χ1n) is 9.39. The quantitative estimate of drug-likeness (QED) is 0.892. The largest absolute Gasteiger partial charge is 0.354 e. The number of aromatic nitrogens is 2. The highest BCUT2D eigenvalue weighted by Crippen LogP contribution is 2.39. The van der Waals surface area contributed by atoms with E-state index in [0.29, 0.717) is 5.92 Å². The lowest BCUT2D eigenvalue weighted by molar-refractivity contribution is 0.0700. The van der Waals surface area contributed by atoms with Crippen LogP contribution in [-0.2, 0) is 0 Å².